The van der Waals surface area contributed by atoms with E-state index in [0.717, 1.165) is 12.0 Å². The lowest BCUT2D eigenvalue weighted by Crippen LogP contribution is -2.33. The molecule has 2 N–H and O–H groups in total. The van der Waals surface area contributed by atoms with E-state index in [1.54, 1.807) is 60.7 Å². The molecule has 0 saturated heterocycles. The predicted molar refractivity (Wildman–Crippen MR) is 161 cm³/mol. The highest BCUT2D eigenvalue weighted by Gasteiger charge is 2.29. The average Bonchev–Trinajstić information content (AvgIpc) is 3.00. The number of hydrogen-bond donors (Lipinski definition) is 2. The molecule has 0 bridgehead atoms. The van der Waals surface area contributed by atoms with Crippen molar-refractivity contribution in [1.82, 2.24) is 5.32 Å². The van der Waals surface area contributed by atoms with E-state index in [9.17, 15) is 18.0 Å². The Labute approximate surface area is 241 Å². The molecule has 2 amide bonds. The molecule has 0 unspecified atom stereocenters. The first-order chi connectivity index (χ1) is 19.7. The van der Waals surface area contributed by atoms with E-state index in [-0.39, 0.29) is 34.6 Å². The molecule has 0 heterocycles. The predicted octanol–water partition coefficient (Wildman–Crippen LogP) is 5.87. The summed E-state index contributed by atoms with van der Waals surface area (Å²) in [7, 11) is -2.60. The second-order valence-electron chi connectivity index (χ2n) is 9.47. The fourth-order valence-corrected chi connectivity index (χ4v) is 5.66. The molecular weight excluding hydrogens is 538 g/mol. The maximum Gasteiger partial charge on any atom is 0.264 e. The van der Waals surface area contributed by atoms with E-state index in [0.29, 0.717) is 17.0 Å². The highest BCUT2D eigenvalue weighted by Crippen LogP contribution is 2.31. The minimum absolute atomic E-state index is 0.00655. The fraction of sp³-hybridized carbons (Fsp3) is 0.188. The summed E-state index contributed by atoms with van der Waals surface area (Å²) < 4.78 is 34.5. The maximum absolute atomic E-state index is 14.0. The van der Waals surface area contributed by atoms with Crippen molar-refractivity contribution in [3.05, 3.63) is 120 Å². The summed E-state index contributed by atoms with van der Waals surface area (Å²) in [6.07, 6.45) is 0.757. The Balaban J connectivity index is 1.74. The minimum Gasteiger partial charge on any atom is -0.497 e. The SMILES string of the molecule is CC[C@H](C)NC(=O)c1ccccc1NC(=O)c1ccccc1N(Cc1ccccc1)S(=O)(=O)c1ccc(OC)cc1. The lowest BCUT2D eigenvalue weighted by atomic mass is 10.1. The molecule has 0 saturated carbocycles. The number of nitrogens with one attached hydrogen (secondary N) is 2. The van der Waals surface area contributed by atoms with Crippen LogP contribution in [0.3, 0.4) is 0 Å². The maximum atomic E-state index is 14.0. The second-order valence-corrected chi connectivity index (χ2v) is 11.3. The molecule has 41 heavy (non-hydrogen) atoms. The van der Waals surface area contributed by atoms with E-state index in [1.807, 2.05) is 44.2 Å². The summed E-state index contributed by atoms with van der Waals surface area (Å²) in [5.41, 5.74) is 1.71. The molecule has 0 aliphatic rings. The van der Waals surface area contributed by atoms with Crippen LogP contribution in [0.4, 0.5) is 11.4 Å². The van der Waals surface area contributed by atoms with Gasteiger partial charge in [-0.1, -0.05) is 61.5 Å². The molecule has 0 aromatic heterocycles. The van der Waals surface area contributed by atoms with Crippen LogP contribution in [0.1, 0.15) is 46.5 Å². The number of rotatable bonds is 11. The van der Waals surface area contributed by atoms with Crippen molar-refractivity contribution < 1.29 is 22.7 Å². The van der Waals surface area contributed by atoms with E-state index in [4.69, 9.17) is 4.74 Å². The Morgan fingerprint density at radius 2 is 1.41 bits per heavy atom. The zero-order valence-corrected chi connectivity index (χ0v) is 24.0. The third kappa shape index (κ3) is 6.93. The number of carbonyl (C=O) groups excluding carboxylic acids is 2. The van der Waals surface area contributed by atoms with Crippen LogP contribution in [0, 0.1) is 0 Å². The molecule has 0 radical (unpaired) electrons. The van der Waals surface area contributed by atoms with E-state index >= 15 is 0 Å². The Morgan fingerprint density at radius 3 is 2.07 bits per heavy atom. The molecule has 212 valence electrons. The number of ether oxygens (including phenoxy) is 1. The van der Waals surface area contributed by atoms with Gasteiger partial charge in [0.05, 0.1) is 41.1 Å². The zero-order valence-electron chi connectivity index (χ0n) is 23.2. The number of nitrogens with zero attached hydrogens (tertiary/aromatic N) is 1. The van der Waals surface area contributed by atoms with Gasteiger partial charge in [0.1, 0.15) is 5.75 Å². The molecule has 1 atom stereocenters. The van der Waals surface area contributed by atoms with Gasteiger partial charge in [-0.05, 0) is 67.4 Å². The molecule has 0 aliphatic carbocycles. The largest absolute Gasteiger partial charge is 0.497 e. The van der Waals surface area contributed by atoms with Crippen molar-refractivity contribution in [2.24, 2.45) is 0 Å². The minimum atomic E-state index is -4.11. The van der Waals surface area contributed by atoms with Gasteiger partial charge in [-0.25, -0.2) is 8.42 Å². The van der Waals surface area contributed by atoms with Crippen molar-refractivity contribution in [1.29, 1.82) is 0 Å². The molecule has 0 aliphatic heterocycles. The van der Waals surface area contributed by atoms with Crippen LogP contribution >= 0.6 is 0 Å². The van der Waals surface area contributed by atoms with Crippen LogP contribution in [-0.4, -0.2) is 33.4 Å². The first kappa shape index (κ1) is 29.4. The highest BCUT2D eigenvalue weighted by molar-refractivity contribution is 7.92. The summed E-state index contributed by atoms with van der Waals surface area (Å²) in [6.45, 7) is 3.87. The third-order valence-electron chi connectivity index (χ3n) is 6.64. The van der Waals surface area contributed by atoms with Crippen molar-refractivity contribution in [3.63, 3.8) is 0 Å². The molecular formula is C32H33N3O5S. The molecule has 4 aromatic rings. The Morgan fingerprint density at radius 1 is 0.805 bits per heavy atom. The molecule has 0 spiro atoms. The van der Waals surface area contributed by atoms with E-state index in [2.05, 4.69) is 10.6 Å². The summed E-state index contributed by atoms with van der Waals surface area (Å²) >= 11 is 0. The first-order valence-corrected chi connectivity index (χ1v) is 14.7. The van der Waals surface area contributed by atoms with Gasteiger partial charge < -0.3 is 15.4 Å². The van der Waals surface area contributed by atoms with Crippen LogP contribution in [0.25, 0.3) is 0 Å². The number of sulfonamides is 1. The summed E-state index contributed by atoms with van der Waals surface area (Å²) in [5.74, 6) is -0.335. The zero-order chi connectivity index (χ0) is 29.4. The van der Waals surface area contributed by atoms with Crippen LogP contribution in [0.5, 0.6) is 5.75 Å². The molecule has 4 aromatic carbocycles. The van der Waals surface area contributed by atoms with Crippen LogP contribution in [0.2, 0.25) is 0 Å². The lowest BCUT2D eigenvalue weighted by Gasteiger charge is -2.27. The number of methoxy groups -OCH3 is 1. The molecule has 8 nitrogen and oxygen atoms in total. The van der Waals surface area contributed by atoms with E-state index < -0.39 is 15.9 Å². The van der Waals surface area contributed by atoms with E-state index in [1.165, 1.54) is 23.5 Å². The number of benzene rings is 4. The Bertz CT molecular complexity index is 1610. The van der Waals surface area contributed by atoms with Gasteiger partial charge in [0.25, 0.3) is 21.8 Å². The topological polar surface area (TPSA) is 105 Å². The van der Waals surface area contributed by atoms with Crippen molar-refractivity contribution in [2.75, 3.05) is 16.7 Å². The van der Waals surface area contributed by atoms with Gasteiger partial charge in [-0.3, -0.25) is 13.9 Å². The van der Waals surface area contributed by atoms with Gasteiger partial charge in [0, 0.05) is 6.04 Å². The summed E-state index contributed by atoms with van der Waals surface area (Å²) in [6, 6.07) is 28.4. The van der Waals surface area contributed by atoms with Crippen molar-refractivity contribution in [2.45, 2.75) is 37.8 Å². The number of carbonyl (C=O) groups is 2. The van der Waals surface area contributed by atoms with Gasteiger partial charge >= 0.3 is 0 Å². The third-order valence-corrected chi connectivity index (χ3v) is 8.42. The lowest BCUT2D eigenvalue weighted by molar-refractivity contribution is 0.0940. The summed E-state index contributed by atoms with van der Waals surface area (Å²) in [5, 5.41) is 5.74. The van der Waals surface area contributed by atoms with Gasteiger partial charge in [0.2, 0.25) is 0 Å². The first-order valence-electron chi connectivity index (χ1n) is 13.3. The number of para-hydroxylation sites is 2. The van der Waals surface area contributed by atoms with Gasteiger partial charge in [0.15, 0.2) is 0 Å². The van der Waals surface area contributed by atoms with Gasteiger partial charge in [-0.2, -0.15) is 0 Å². The van der Waals surface area contributed by atoms with Crippen molar-refractivity contribution >= 4 is 33.2 Å². The molecule has 4 rings (SSSR count). The number of amides is 2. The Kier molecular flexibility index (Phi) is 9.41. The quantitative estimate of drug-likeness (QED) is 0.234. The average molecular weight is 572 g/mol. The van der Waals surface area contributed by atoms with Crippen LogP contribution in [-0.2, 0) is 16.6 Å². The van der Waals surface area contributed by atoms with Crippen LogP contribution < -0.4 is 19.7 Å². The smallest absolute Gasteiger partial charge is 0.264 e. The highest BCUT2D eigenvalue weighted by atomic mass is 32.2. The number of anilines is 2. The monoisotopic (exact) mass is 571 g/mol. The standard InChI is InChI=1S/C32H33N3O5S/c1-4-23(2)33-31(36)27-14-8-10-16-29(27)34-32(37)28-15-9-11-17-30(28)35(22-24-12-6-5-7-13-24)41(38,39)26-20-18-25(40-3)19-21-26/h5-21,23H,4,22H2,1-3H3,(H,33,36)(H,34,37)/t23-/m0/s1. The second kappa shape index (κ2) is 13.1. The number of hydrogen-bond acceptors (Lipinski definition) is 5. The molecule has 0 fully saturated rings. The van der Waals surface area contributed by atoms with Crippen molar-refractivity contribution in [3.8, 4) is 5.75 Å². The van der Waals surface area contributed by atoms with Gasteiger partial charge in [-0.15, -0.1) is 0 Å². The summed E-state index contributed by atoms with van der Waals surface area (Å²) in [4.78, 5) is 26.7. The van der Waals surface area contributed by atoms with Crippen LogP contribution in [0.15, 0.2) is 108 Å². The Hall–Kier alpha value is -4.63. The normalized spacial score (nSPS) is 11.8. The molecule has 9 heteroatoms. The fourth-order valence-electron chi connectivity index (χ4n) is 4.19.